The fraction of sp³-hybridized carbons (Fsp3) is 0.524. The van der Waals surface area contributed by atoms with Crippen molar-refractivity contribution in [2.45, 2.75) is 45.1 Å². The molecular weight excluding hydrogens is 434 g/mol. The number of piperidine rings is 1. The number of rotatable bonds is 8. The number of hydrogen-bond acceptors (Lipinski definition) is 7. The number of aryl methyl sites for hydroxylation is 1. The minimum Gasteiger partial charge on any atom is -0.347 e. The molecule has 32 heavy (non-hydrogen) atoms. The Morgan fingerprint density at radius 3 is 2.31 bits per heavy atom. The molecule has 0 bridgehead atoms. The summed E-state index contributed by atoms with van der Waals surface area (Å²) in [6.45, 7) is 7.14. The Kier molecular flexibility index (Phi) is 7.62. The molecule has 1 aliphatic heterocycles. The Morgan fingerprint density at radius 2 is 1.78 bits per heavy atom. The summed E-state index contributed by atoms with van der Waals surface area (Å²) in [4.78, 5) is 31.1. The van der Waals surface area contributed by atoms with Crippen LogP contribution in [0.4, 0.5) is 0 Å². The Hall–Kier alpha value is -2.79. The lowest BCUT2D eigenvalue weighted by Gasteiger charge is -2.31. The molecule has 11 heteroatoms. The predicted octanol–water partition coefficient (Wildman–Crippen LogP) is 1.58. The zero-order chi connectivity index (χ0) is 23.3. The molecule has 1 N–H and O–H groups in total. The van der Waals surface area contributed by atoms with Crippen LogP contribution in [-0.2, 0) is 21.4 Å². The maximum atomic E-state index is 12.8. The highest BCUT2D eigenvalue weighted by Crippen LogP contribution is 2.21. The van der Waals surface area contributed by atoms with E-state index < -0.39 is 10.0 Å². The van der Waals surface area contributed by atoms with Crippen LogP contribution >= 0.6 is 0 Å². The van der Waals surface area contributed by atoms with Crippen LogP contribution in [0.1, 0.15) is 48.8 Å². The van der Waals surface area contributed by atoms with Crippen molar-refractivity contribution < 1.29 is 22.5 Å². The number of carbonyl (C=O) groups is 2. The molecule has 1 aliphatic rings. The van der Waals surface area contributed by atoms with Gasteiger partial charge in [0.1, 0.15) is 0 Å². The largest absolute Gasteiger partial charge is 0.347 e. The normalized spacial score (nSPS) is 15.2. The maximum absolute atomic E-state index is 12.8. The number of carbonyl (C=O) groups excluding carboxylic acids is 2. The molecule has 0 aliphatic carbocycles. The van der Waals surface area contributed by atoms with Gasteiger partial charge in [0, 0.05) is 37.7 Å². The summed E-state index contributed by atoms with van der Waals surface area (Å²) in [6.07, 6.45) is 1.10. The number of likely N-dealkylation sites (tertiary alicyclic amines) is 1. The van der Waals surface area contributed by atoms with Crippen molar-refractivity contribution in [1.29, 1.82) is 0 Å². The van der Waals surface area contributed by atoms with Gasteiger partial charge in [0.05, 0.1) is 11.4 Å². The minimum absolute atomic E-state index is 0.0982. The molecule has 0 unspecified atom stereocenters. The van der Waals surface area contributed by atoms with Gasteiger partial charge in [-0.2, -0.15) is 9.29 Å². The first-order valence-electron chi connectivity index (χ1n) is 10.7. The molecule has 2 heterocycles. The number of nitrogens with one attached hydrogen (secondary N) is 1. The zero-order valence-electron chi connectivity index (χ0n) is 18.6. The second kappa shape index (κ2) is 10.2. The van der Waals surface area contributed by atoms with Gasteiger partial charge in [-0.1, -0.05) is 19.0 Å². The molecule has 1 aromatic carbocycles. The highest BCUT2D eigenvalue weighted by atomic mass is 32.2. The van der Waals surface area contributed by atoms with Crippen molar-refractivity contribution in [3.05, 3.63) is 41.5 Å². The van der Waals surface area contributed by atoms with Crippen molar-refractivity contribution in [2.75, 3.05) is 26.2 Å². The molecule has 2 aromatic rings. The summed E-state index contributed by atoms with van der Waals surface area (Å²) in [7, 11) is -3.56. The molecule has 0 spiro atoms. The van der Waals surface area contributed by atoms with Crippen molar-refractivity contribution >= 4 is 21.8 Å². The lowest BCUT2D eigenvalue weighted by atomic mass is 9.95. The first-order valence-corrected chi connectivity index (χ1v) is 12.2. The maximum Gasteiger partial charge on any atom is 0.253 e. The Labute approximate surface area is 188 Å². The summed E-state index contributed by atoms with van der Waals surface area (Å²) in [5.74, 6) is 0.412. The zero-order valence-corrected chi connectivity index (χ0v) is 19.4. The van der Waals surface area contributed by atoms with Crippen LogP contribution in [0, 0.1) is 12.8 Å². The average molecular weight is 464 g/mol. The van der Waals surface area contributed by atoms with E-state index in [0.29, 0.717) is 56.3 Å². The van der Waals surface area contributed by atoms with Crippen LogP contribution in [0.2, 0.25) is 0 Å². The number of amides is 2. The number of benzene rings is 1. The van der Waals surface area contributed by atoms with E-state index in [0.717, 1.165) is 0 Å². The monoisotopic (exact) mass is 463 g/mol. The molecule has 1 fully saturated rings. The standard InChI is InChI=1S/C21H29N5O5S/c1-4-26(5-2)32(29,30)18-8-6-17(7-9-18)21(28)25-12-10-16(11-13-25)20(27)22-14-19-23-15(3)24-31-19/h6-9,16H,4-5,10-14H2,1-3H3,(H,22,27). The van der Waals surface area contributed by atoms with Gasteiger partial charge in [-0.3, -0.25) is 9.59 Å². The number of aromatic nitrogens is 2. The van der Waals surface area contributed by atoms with Crippen molar-refractivity contribution in [3.8, 4) is 0 Å². The van der Waals surface area contributed by atoms with E-state index in [4.69, 9.17) is 4.52 Å². The van der Waals surface area contributed by atoms with Crippen LogP contribution in [0.15, 0.2) is 33.7 Å². The van der Waals surface area contributed by atoms with E-state index in [1.807, 2.05) is 0 Å². The van der Waals surface area contributed by atoms with Gasteiger partial charge in [-0.25, -0.2) is 8.42 Å². The van der Waals surface area contributed by atoms with Crippen molar-refractivity contribution in [2.24, 2.45) is 5.92 Å². The third kappa shape index (κ3) is 5.33. The summed E-state index contributed by atoms with van der Waals surface area (Å²) >= 11 is 0. The molecular formula is C21H29N5O5S. The van der Waals surface area contributed by atoms with Crippen LogP contribution in [0.25, 0.3) is 0 Å². The summed E-state index contributed by atoms with van der Waals surface area (Å²) in [5.41, 5.74) is 0.429. The fourth-order valence-corrected chi connectivity index (χ4v) is 5.19. The van der Waals surface area contributed by atoms with Crippen LogP contribution in [0.5, 0.6) is 0 Å². The van der Waals surface area contributed by atoms with E-state index in [1.165, 1.54) is 16.4 Å². The topological polar surface area (TPSA) is 126 Å². The lowest BCUT2D eigenvalue weighted by molar-refractivity contribution is -0.126. The molecule has 174 valence electrons. The molecule has 1 saturated heterocycles. The molecule has 10 nitrogen and oxygen atoms in total. The van der Waals surface area contributed by atoms with E-state index >= 15 is 0 Å². The molecule has 2 amide bonds. The quantitative estimate of drug-likeness (QED) is 0.630. The highest BCUT2D eigenvalue weighted by molar-refractivity contribution is 7.89. The Balaban J connectivity index is 1.54. The molecule has 3 rings (SSSR count). The number of nitrogens with zero attached hydrogens (tertiary/aromatic N) is 4. The van der Waals surface area contributed by atoms with Gasteiger partial charge < -0.3 is 14.7 Å². The molecule has 0 radical (unpaired) electrons. The first-order chi connectivity index (χ1) is 15.3. The van der Waals surface area contributed by atoms with E-state index in [1.54, 1.807) is 37.8 Å². The first kappa shape index (κ1) is 23.9. The number of sulfonamides is 1. The molecule has 0 saturated carbocycles. The Bertz CT molecular complexity index is 1040. The predicted molar refractivity (Wildman–Crippen MR) is 116 cm³/mol. The summed E-state index contributed by atoms with van der Waals surface area (Å²) in [5, 5.41) is 6.48. The van der Waals surface area contributed by atoms with Crippen LogP contribution in [-0.4, -0.2) is 65.8 Å². The molecule has 0 atom stereocenters. The fourth-order valence-electron chi connectivity index (χ4n) is 3.73. The van der Waals surface area contributed by atoms with E-state index in [-0.39, 0.29) is 29.2 Å². The average Bonchev–Trinajstić information content (AvgIpc) is 3.23. The van der Waals surface area contributed by atoms with Gasteiger partial charge in [-0.05, 0) is 44.0 Å². The SMILES string of the molecule is CCN(CC)S(=O)(=O)c1ccc(C(=O)N2CCC(C(=O)NCc3nc(C)no3)CC2)cc1. The van der Waals surface area contributed by atoms with Crippen LogP contribution < -0.4 is 5.32 Å². The van der Waals surface area contributed by atoms with Gasteiger partial charge >= 0.3 is 0 Å². The smallest absolute Gasteiger partial charge is 0.253 e. The van der Waals surface area contributed by atoms with Gasteiger partial charge in [-0.15, -0.1) is 0 Å². The minimum atomic E-state index is -3.56. The van der Waals surface area contributed by atoms with E-state index in [2.05, 4.69) is 15.5 Å². The van der Waals surface area contributed by atoms with Gasteiger partial charge in [0.15, 0.2) is 5.82 Å². The van der Waals surface area contributed by atoms with E-state index in [9.17, 15) is 18.0 Å². The summed E-state index contributed by atoms with van der Waals surface area (Å²) < 4.78 is 31.6. The second-order valence-electron chi connectivity index (χ2n) is 7.63. The van der Waals surface area contributed by atoms with Gasteiger partial charge in [0.25, 0.3) is 5.91 Å². The third-order valence-corrected chi connectivity index (χ3v) is 7.65. The van der Waals surface area contributed by atoms with Crippen molar-refractivity contribution in [3.63, 3.8) is 0 Å². The van der Waals surface area contributed by atoms with Gasteiger partial charge in [0.2, 0.25) is 21.8 Å². The van der Waals surface area contributed by atoms with Crippen LogP contribution in [0.3, 0.4) is 0 Å². The Morgan fingerprint density at radius 1 is 1.16 bits per heavy atom. The lowest BCUT2D eigenvalue weighted by Crippen LogP contribution is -2.43. The van der Waals surface area contributed by atoms with Crippen molar-refractivity contribution in [1.82, 2.24) is 24.7 Å². The third-order valence-electron chi connectivity index (χ3n) is 5.58. The molecule has 1 aromatic heterocycles. The second-order valence-corrected chi connectivity index (χ2v) is 9.57. The highest BCUT2D eigenvalue weighted by Gasteiger charge is 2.28. The summed E-state index contributed by atoms with van der Waals surface area (Å²) in [6, 6.07) is 6.04. The number of hydrogen-bond donors (Lipinski definition) is 1.